The maximum absolute atomic E-state index is 13.1. The van der Waals surface area contributed by atoms with Crippen molar-refractivity contribution in [2.24, 2.45) is 0 Å². The minimum Gasteiger partial charge on any atom is -0.378 e. The third-order valence-electron chi connectivity index (χ3n) is 3.48. The van der Waals surface area contributed by atoms with Crippen LogP contribution in [0.4, 0.5) is 10.1 Å². The molecule has 0 amide bonds. The van der Waals surface area contributed by atoms with E-state index in [1.807, 2.05) is 37.4 Å². The highest BCUT2D eigenvalue weighted by molar-refractivity contribution is 6.31. The van der Waals surface area contributed by atoms with Gasteiger partial charge in [-0.1, -0.05) is 29.8 Å². The number of rotatable bonds is 3. The lowest BCUT2D eigenvalue weighted by molar-refractivity contribution is 0.626. The zero-order chi connectivity index (χ0) is 14.8. The van der Waals surface area contributed by atoms with Crippen molar-refractivity contribution in [2.75, 3.05) is 5.32 Å². The summed E-state index contributed by atoms with van der Waals surface area (Å²) >= 11 is 6.12. The molecule has 106 valence electrons. The normalized spacial score (nSPS) is 12.3. The highest BCUT2D eigenvalue weighted by Gasteiger charge is 2.11. The fourth-order valence-electron chi connectivity index (χ4n) is 2.41. The first-order valence-electron chi connectivity index (χ1n) is 6.69. The highest BCUT2D eigenvalue weighted by atomic mass is 35.5. The molecule has 2 aromatic carbocycles. The second-order valence-electron chi connectivity index (χ2n) is 4.93. The number of anilines is 1. The Bertz CT molecular complexity index is 783. The molecular weight excluding hydrogens is 287 g/mol. The summed E-state index contributed by atoms with van der Waals surface area (Å²) in [4.78, 5) is 4.12. The quantitative estimate of drug-likeness (QED) is 0.719. The van der Waals surface area contributed by atoms with Crippen molar-refractivity contribution in [2.45, 2.75) is 13.0 Å². The molecule has 1 N–H and O–H groups in total. The first kappa shape index (κ1) is 13.8. The van der Waals surface area contributed by atoms with Gasteiger partial charge in [-0.2, -0.15) is 0 Å². The molecule has 0 aliphatic heterocycles. The number of aromatic nitrogens is 1. The molecule has 0 saturated heterocycles. The zero-order valence-electron chi connectivity index (χ0n) is 11.5. The fraction of sp³-hybridized carbons (Fsp3) is 0.118. The summed E-state index contributed by atoms with van der Waals surface area (Å²) in [6.07, 6.45) is 3.60. The number of nitrogens with zero attached hydrogens (tertiary/aromatic N) is 1. The Kier molecular flexibility index (Phi) is 3.76. The zero-order valence-corrected chi connectivity index (χ0v) is 12.2. The first-order chi connectivity index (χ1) is 10.1. The average Bonchev–Trinajstić information content (AvgIpc) is 2.47. The van der Waals surface area contributed by atoms with Crippen molar-refractivity contribution in [3.63, 3.8) is 0 Å². The van der Waals surface area contributed by atoms with Gasteiger partial charge < -0.3 is 5.32 Å². The van der Waals surface area contributed by atoms with E-state index >= 15 is 0 Å². The van der Waals surface area contributed by atoms with Crippen molar-refractivity contribution in [3.05, 3.63) is 71.3 Å². The van der Waals surface area contributed by atoms with Gasteiger partial charge in [-0.15, -0.1) is 0 Å². The monoisotopic (exact) mass is 300 g/mol. The van der Waals surface area contributed by atoms with E-state index in [0.29, 0.717) is 5.02 Å². The van der Waals surface area contributed by atoms with Crippen LogP contribution in [0.15, 0.2) is 54.9 Å². The number of pyridine rings is 1. The summed E-state index contributed by atoms with van der Waals surface area (Å²) in [6, 6.07) is 12.4. The van der Waals surface area contributed by atoms with E-state index < -0.39 is 0 Å². The summed E-state index contributed by atoms with van der Waals surface area (Å²) in [5, 5.41) is 6.02. The van der Waals surface area contributed by atoms with E-state index in [0.717, 1.165) is 22.0 Å². The summed E-state index contributed by atoms with van der Waals surface area (Å²) in [5.74, 6) is -0.327. The van der Waals surface area contributed by atoms with Gasteiger partial charge in [-0.25, -0.2) is 4.39 Å². The Morgan fingerprint density at radius 2 is 2.05 bits per heavy atom. The topological polar surface area (TPSA) is 24.9 Å². The van der Waals surface area contributed by atoms with Crippen molar-refractivity contribution in [1.82, 2.24) is 4.98 Å². The van der Waals surface area contributed by atoms with Crippen LogP contribution in [0, 0.1) is 5.82 Å². The molecule has 3 aromatic rings. The lowest BCUT2D eigenvalue weighted by atomic mass is 10.1. The molecule has 1 aromatic heterocycles. The van der Waals surface area contributed by atoms with Gasteiger partial charge in [-0.3, -0.25) is 4.98 Å². The van der Waals surface area contributed by atoms with Gasteiger partial charge >= 0.3 is 0 Å². The molecule has 21 heavy (non-hydrogen) atoms. The maximum atomic E-state index is 13.1. The van der Waals surface area contributed by atoms with Crippen molar-refractivity contribution in [1.29, 1.82) is 0 Å². The predicted octanol–water partition coefficient (Wildman–Crippen LogP) is 5.20. The number of nitrogens with one attached hydrogen (secondary N) is 1. The van der Waals surface area contributed by atoms with Crippen LogP contribution in [0.2, 0.25) is 5.02 Å². The summed E-state index contributed by atoms with van der Waals surface area (Å²) in [7, 11) is 0. The van der Waals surface area contributed by atoms with Gasteiger partial charge in [0.2, 0.25) is 0 Å². The van der Waals surface area contributed by atoms with Crippen molar-refractivity contribution < 1.29 is 4.39 Å². The molecule has 4 heteroatoms. The molecule has 0 bridgehead atoms. The van der Waals surface area contributed by atoms with Crippen LogP contribution < -0.4 is 5.32 Å². The molecule has 3 rings (SSSR count). The number of hydrogen-bond acceptors (Lipinski definition) is 2. The number of halogens is 2. The predicted molar refractivity (Wildman–Crippen MR) is 85.2 cm³/mol. The van der Waals surface area contributed by atoms with E-state index in [4.69, 9.17) is 11.6 Å². The second kappa shape index (κ2) is 5.70. The third kappa shape index (κ3) is 2.83. The van der Waals surface area contributed by atoms with E-state index in [1.165, 1.54) is 12.1 Å². The van der Waals surface area contributed by atoms with Gasteiger partial charge in [0.05, 0.1) is 6.04 Å². The molecule has 0 aliphatic rings. The highest BCUT2D eigenvalue weighted by Crippen LogP contribution is 2.29. The molecule has 0 fully saturated rings. The van der Waals surface area contributed by atoms with Crippen molar-refractivity contribution in [3.8, 4) is 0 Å². The average molecular weight is 301 g/mol. The molecule has 0 saturated carbocycles. The minimum atomic E-state index is -0.327. The van der Waals surface area contributed by atoms with Gasteiger partial charge in [0.1, 0.15) is 5.82 Å². The minimum absolute atomic E-state index is 0.0307. The molecule has 2 nitrogen and oxygen atoms in total. The van der Waals surface area contributed by atoms with Crippen LogP contribution >= 0.6 is 11.6 Å². The largest absolute Gasteiger partial charge is 0.378 e. The van der Waals surface area contributed by atoms with E-state index in [-0.39, 0.29) is 11.9 Å². The maximum Gasteiger partial charge on any atom is 0.124 e. The Hall–Kier alpha value is -2.13. The van der Waals surface area contributed by atoms with Crippen LogP contribution in [-0.2, 0) is 0 Å². The Labute approximate surface area is 127 Å². The van der Waals surface area contributed by atoms with E-state index in [9.17, 15) is 4.39 Å². The fourth-order valence-corrected chi connectivity index (χ4v) is 2.74. The second-order valence-corrected chi connectivity index (χ2v) is 5.34. The Morgan fingerprint density at radius 1 is 1.19 bits per heavy atom. The number of benzene rings is 2. The first-order valence-corrected chi connectivity index (χ1v) is 7.07. The summed E-state index contributed by atoms with van der Waals surface area (Å²) in [6.45, 7) is 2.00. The Morgan fingerprint density at radius 3 is 2.86 bits per heavy atom. The molecule has 1 atom stereocenters. The number of hydrogen-bond donors (Lipinski definition) is 1. The molecule has 0 aliphatic carbocycles. The van der Waals surface area contributed by atoms with Crippen LogP contribution in [-0.4, -0.2) is 4.98 Å². The van der Waals surface area contributed by atoms with Gasteiger partial charge in [-0.05, 0) is 36.8 Å². The van der Waals surface area contributed by atoms with Crippen molar-refractivity contribution >= 4 is 28.1 Å². The standard InChI is InChI=1S/C17H14ClFN2/c1-11(14-6-5-13(19)9-16(14)18)21-17-4-2-3-12-10-20-8-7-15(12)17/h2-11,21H,1H3. The lowest BCUT2D eigenvalue weighted by Crippen LogP contribution is -2.07. The summed E-state index contributed by atoms with van der Waals surface area (Å²) < 4.78 is 13.1. The van der Waals surface area contributed by atoms with Crippen LogP contribution in [0.3, 0.4) is 0 Å². The van der Waals surface area contributed by atoms with Gasteiger partial charge in [0.15, 0.2) is 0 Å². The third-order valence-corrected chi connectivity index (χ3v) is 3.81. The Balaban J connectivity index is 1.94. The van der Waals surface area contributed by atoms with E-state index in [1.54, 1.807) is 12.3 Å². The van der Waals surface area contributed by atoms with Crippen LogP contribution in [0.5, 0.6) is 0 Å². The smallest absolute Gasteiger partial charge is 0.124 e. The van der Waals surface area contributed by atoms with E-state index in [2.05, 4.69) is 10.3 Å². The van der Waals surface area contributed by atoms with Gasteiger partial charge in [0, 0.05) is 33.9 Å². The molecule has 1 unspecified atom stereocenters. The molecule has 0 spiro atoms. The molecule has 0 radical (unpaired) electrons. The summed E-state index contributed by atoms with van der Waals surface area (Å²) in [5.41, 5.74) is 1.87. The molecule has 1 heterocycles. The molecular formula is C17H14ClFN2. The van der Waals surface area contributed by atoms with Gasteiger partial charge in [0.25, 0.3) is 0 Å². The lowest BCUT2D eigenvalue weighted by Gasteiger charge is -2.18. The SMILES string of the molecule is CC(Nc1cccc2cnccc12)c1ccc(F)cc1Cl. The van der Waals surface area contributed by atoms with Crippen LogP contribution in [0.1, 0.15) is 18.5 Å². The van der Waals surface area contributed by atoms with Crippen LogP contribution in [0.25, 0.3) is 10.8 Å². The number of fused-ring (bicyclic) bond motifs is 1.